The molecule has 0 bridgehead atoms. The number of aliphatic hydroxyl groups is 1. The van der Waals surface area contributed by atoms with Gasteiger partial charge in [-0.3, -0.25) is 4.79 Å². The number of β-amino-alcohol motifs (C(OH)–C–C–N with tert-alkyl or cyclic N) is 1. The van der Waals surface area contributed by atoms with Crippen molar-refractivity contribution in [2.24, 2.45) is 0 Å². The van der Waals surface area contributed by atoms with Gasteiger partial charge in [-0.05, 0) is 30.7 Å². The molecule has 2 heterocycles. The Hall–Kier alpha value is -1.33. The molecular weight excluding hydrogens is 310 g/mol. The second-order valence-corrected chi connectivity index (χ2v) is 5.75. The predicted octanol–water partition coefficient (Wildman–Crippen LogP) is 1.82. The molecule has 0 spiro atoms. The summed E-state index contributed by atoms with van der Waals surface area (Å²) in [5, 5.41) is 9.49. The highest BCUT2D eigenvalue weighted by Crippen LogP contribution is 2.30. The van der Waals surface area contributed by atoms with E-state index in [9.17, 15) is 9.90 Å². The number of rotatable bonds is 1. The minimum atomic E-state index is -0.393. The number of hydrogen-bond donors (Lipinski definition) is 1. The Morgan fingerprint density at radius 3 is 3.05 bits per heavy atom. The minimum Gasteiger partial charge on any atom is -0.488 e. The fourth-order valence-electron chi connectivity index (χ4n) is 2.40. The summed E-state index contributed by atoms with van der Waals surface area (Å²) in [5.41, 5.74) is 1.54. The maximum absolute atomic E-state index is 12.3. The van der Waals surface area contributed by atoms with Gasteiger partial charge in [0.25, 0.3) is 5.91 Å². The second kappa shape index (κ2) is 4.98. The van der Waals surface area contributed by atoms with E-state index in [1.165, 1.54) is 0 Å². The van der Waals surface area contributed by atoms with Crippen molar-refractivity contribution in [2.45, 2.75) is 12.5 Å². The van der Waals surface area contributed by atoms with E-state index in [1.54, 1.807) is 4.90 Å². The van der Waals surface area contributed by atoms with Crippen LogP contribution in [0.5, 0.6) is 5.75 Å². The SMILES string of the molecule is O=C(C1=Cc2cc(Br)ccc2OC1)N1CCC(O)C1. The molecule has 4 nitrogen and oxygen atoms in total. The number of halogens is 1. The molecule has 19 heavy (non-hydrogen) atoms. The van der Waals surface area contributed by atoms with Gasteiger partial charge >= 0.3 is 0 Å². The van der Waals surface area contributed by atoms with Crippen LogP contribution in [0.3, 0.4) is 0 Å². The number of nitrogens with zero attached hydrogens (tertiary/aromatic N) is 1. The van der Waals surface area contributed by atoms with Crippen LogP contribution in [0.1, 0.15) is 12.0 Å². The van der Waals surface area contributed by atoms with Gasteiger partial charge in [0.1, 0.15) is 12.4 Å². The molecule has 0 radical (unpaired) electrons. The van der Waals surface area contributed by atoms with Gasteiger partial charge in [0, 0.05) is 23.1 Å². The lowest BCUT2D eigenvalue weighted by atomic mass is 10.1. The monoisotopic (exact) mass is 323 g/mol. The molecule has 1 fully saturated rings. The van der Waals surface area contributed by atoms with Gasteiger partial charge < -0.3 is 14.7 Å². The molecule has 1 aromatic rings. The molecular formula is C14H14BrNO3. The van der Waals surface area contributed by atoms with Crippen LogP contribution in [0.25, 0.3) is 6.08 Å². The van der Waals surface area contributed by atoms with Gasteiger partial charge in [-0.15, -0.1) is 0 Å². The lowest BCUT2D eigenvalue weighted by molar-refractivity contribution is -0.126. The molecule has 0 saturated carbocycles. The van der Waals surface area contributed by atoms with Crippen molar-refractivity contribution in [3.8, 4) is 5.75 Å². The molecule has 1 N–H and O–H groups in total. The van der Waals surface area contributed by atoms with E-state index in [0.29, 0.717) is 31.7 Å². The minimum absolute atomic E-state index is 0.0397. The zero-order valence-corrected chi connectivity index (χ0v) is 11.9. The third-order valence-corrected chi connectivity index (χ3v) is 3.90. The third kappa shape index (κ3) is 2.53. The first-order valence-corrected chi connectivity index (χ1v) is 7.03. The Bertz CT molecular complexity index is 556. The Balaban J connectivity index is 1.84. The van der Waals surface area contributed by atoms with E-state index in [0.717, 1.165) is 15.8 Å². The summed E-state index contributed by atoms with van der Waals surface area (Å²) in [4.78, 5) is 14.0. The van der Waals surface area contributed by atoms with Gasteiger partial charge in [0.05, 0.1) is 11.7 Å². The smallest absolute Gasteiger partial charge is 0.253 e. The summed E-state index contributed by atoms with van der Waals surface area (Å²) < 4.78 is 6.55. The highest BCUT2D eigenvalue weighted by atomic mass is 79.9. The number of carbonyl (C=O) groups is 1. The van der Waals surface area contributed by atoms with Crippen molar-refractivity contribution in [1.29, 1.82) is 0 Å². The average Bonchev–Trinajstić information content (AvgIpc) is 2.83. The maximum Gasteiger partial charge on any atom is 0.253 e. The lowest BCUT2D eigenvalue weighted by Crippen LogP contribution is -2.33. The second-order valence-electron chi connectivity index (χ2n) is 4.83. The molecule has 1 aromatic carbocycles. The van der Waals surface area contributed by atoms with Crippen LogP contribution in [0.4, 0.5) is 0 Å². The molecule has 0 aliphatic carbocycles. The molecule has 1 saturated heterocycles. The van der Waals surface area contributed by atoms with E-state index >= 15 is 0 Å². The summed E-state index contributed by atoms with van der Waals surface area (Å²) in [6.45, 7) is 1.32. The molecule has 2 aliphatic rings. The van der Waals surface area contributed by atoms with Crippen LogP contribution in [0.2, 0.25) is 0 Å². The lowest BCUT2D eigenvalue weighted by Gasteiger charge is -2.22. The van der Waals surface area contributed by atoms with Gasteiger partial charge in [-0.2, -0.15) is 0 Å². The molecule has 3 rings (SSSR count). The topological polar surface area (TPSA) is 49.8 Å². The third-order valence-electron chi connectivity index (χ3n) is 3.41. The van der Waals surface area contributed by atoms with Crippen LogP contribution >= 0.6 is 15.9 Å². The Kier molecular flexibility index (Phi) is 3.33. The normalized spacial score (nSPS) is 21.7. The molecule has 100 valence electrons. The zero-order chi connectivity index (χ0) is 13.4. The standard InChI is InChI=1S/C14H14BrNO3/c15-11-1-2-13-9(6-11)5-10(8-19-13)14(18)16-4-3-12(17)7-16/h1-2,5-6,12,17H,3-4,7-8H2. The van der Waals surface area contributed by atoms with Gasteiger partial charge in [-0.25, -0.2) is 0 Å². The van der Waals surface area contributed by atoms with Crippen molar-refractivity contribution in [1.82, 2.24) is 4.90 Å². The molecule has 1 unspecified atom stereocenters. The molecule has 2 aliphatic heterocycles. The summed E-state index contributed by atoms with van der Waals surface area (Å²) in [5.74, 6) is 0.753. The van der Waals surface area contributed by atoms with Crippen molar-refractivity contribution < 1.29 is 14.6 Å². The summed E-state index contributed by atoms with van der Waals surface area (Å²) in [7, 11) is 0. The number of fused-ring (bicyclic) bond motifs is 1. The zero-order valence-electron chi connectivity index (χ0n) is 10.3. The predicted molar refractivity (Wildman–Crippen MR) is 74.8 cm³/mol. The fraction of sp³-hybridized carbons (Fsp3) is 0.357. The first-order chi connectivity index (χ1) is 9.13. The molecule has 5 heteroatoms. The summed E-state index contributed by atoms with van der Waals surface area (Å²) >= 11 is 3.41. The van der Waals surface area contributed by atoms with Crippen molar-refractivity contribution in [2.75, 3.05) is 19.7 Å². The number of hydrogen-bond acceptors (Lipinski definition) is 3. The largest absolute Gasteiger partial charge is 0.488 e. The first-order valence-electron chi connectivity index (χ1n) is 6.24. The van der Waals surface area contributed by atoms with Crippen molar-refractivity contribution in [3.05, 3.63) is 33.8 Å². The van der Waals surface area contributed by atoms with Gasteiger partial charge in [0.2, 0.25) is 0 Å². The fourth-order valence-corrected chi connectivity index (χ4v) is 2.78. The van der Waals surface area contributed by atoms with E-state index in [4.69, 9.17) is 4.74 Å². The van der Waals surface area contributed by atoms with Crippen LogP contribution in [0, 0.1) is 0 Å². The Labute approximate surface area is 119 Å². The number of benzene rings is 1. The summed E-state index contributed by atoms with van der Waals surface area (Å²) in [6.07, 6.45) is 2.13. The van der Waals surface area contributed by atoms with Crippen molar-refractivity contribution >= 4 is 27.9 Å². The average molecular weight is 324 g/mol. The summed E-state index contributed by atoms with van der Waals surface area (Å²) in [6, 6.07) is 5.73. The Morgan fingerprint density at radius 1 is 1.47 bits per heavy atom. The maximum atomic E-state index is 12.3. The van der Waals surface area contributed by atoms with Crippen LogP contribution in [-0.2, 0) is 4.79 Å². The van der Waals surface area contributed by atoms with Crippen LogP contribution < -0.4 is 4.74 Å². The van der Waals surface area contributed by atoms with E-state index in [1.807, 2.05) is 24.3 Å². The highest BCUT2D eigenvalue weighted by molar-refractivity contribution is 9.10. The number of likely N-dealkylation sites (tertiary alicyclic amines) is 1. The quantitative estimate of drug-likeness (QED) is 0.857. The first kappa shape index (κ1) is 12.7. The van der Waals surface area contributed by atoms with E-state index in [2.05, 4.69) is 15.9 Å². The van der Waals surface area contributed by atoms with E-state index < -0.39 is 6.10 Å². The number of ether oxygens (including phenoxy) is 1. The van der Waals surface area contributed by atoms with E-state index in [-0.39, 0.29) is 5.91 Å². The van der Waals surface area contributed by atoms with Crippen LogP contribution in [0.15, 0.2) is 28.2 Å². The number of carbonyl (C=O) groups excluding carboxylic acids is 1. The van der Waals surface area contributed by atoms with Gasteiger partial charge in [-0.1, -0.05) is 15.9 Å². The molecule has 1 atom stereocenters. The van der Waals surface area contributed by atoms with Crippen molar-refractivity contribution in [3.63, 3.8) is 0 Å². The number of amides is 1. The Morgan fingerprint density at radius 2 is 2.32 bits per heavy atom. The molecule has 0 aromatic heterocycles. The van der Waals surface area contributed by atoms with Gasteiger partial charge in [0.15, 0.2) is 0 Å². The van der Waals surface area contributed by atoms with Crippen LogP contribution in [-0.4, -0.2) is 41.7 Å². The molecule has 1 amide bonds. The number of aliphatic hydroxyl groups excluding tert-OH is 1. The highest BCUT2D eigenvalue weighted by Gasteiger charge is 2.28.